The molecule has 0 aliphatic rings. The Morgan fingerprint density at radius 1 is 1.52 bits per heavy atom. The van der Waals surface area contributed by atoms with E-state index in [1.165, 1.54) is 12.1 Å². The predicted molar refractivity (Wildman–Crippen MR) is 80.8 cm³/mol. The molecule has 2 aromatic rings. The summed E-state index contributed by atoms with van der Waals surface area (Å²) in [7, 11) is 3.63. The van der Waals surface area contributed by atoms with Gasteiger partial charge in [0.2, 0.25) is 0 Å². The van der Waals surface area contributed by atoms with E-state index in [4.69, 9.17) is 0 Å². The number of nitro groups is 1. The summed E-state index contributed by atoms with van der Waals surface area (Å²) in [5.41, 5.74) is 1.63. The molecule has 0 saturated carbocycles. The van der Waals surface area contributed by atoms with Gasteiger partial charge < -0.3 is 9.47 Å². The minimum absolute atomic E-state index is 0.0125. The van der Waals surface area contributed by atoms with E-state index >= 15 is 0 Å². The van der Waals surface area contributed by atoms with Crippen LogP contribution in [0.2, 0.25) is 0 Å². The number of rotatable bonds is 4. The third kappa shape index (κ3) is 2.56. The third-order valence-electron chi connectivity index (χ3n) is 3.07. The number of benzene rings is 1. The summed E-state index contributed by atoms with van der Waals surface area (Å²) in [5, 5.41) is 20.9. The molecule has 7 heteroatoms. The fourth-order valence-electron chi connectivity index (χ4n) is 2.18. The first-order chi connectivity index (χ1) is 9.99. The van der Waals surface area contributed by atoms with Crippen LogP contribution in [0.25, 0.3) is 10.9 Å². The second kappa shape index (κ2) is 5.63. The SMILES string of the molecule is CCn1c(C#N)c(N=CN(C)C)c2cc([N+](=O)[O-])ccc21. The van der Waals surface area contributed by atoms with Crippen LogP contribution in [-0.4, -0.2) is 34.8 Å². The molecular weight excluding hydrogens is 270 g/mol. The van der Waals surface area contributed by atoms with Crippen LogP contribution in [0.3, 0.4) is 0 Å². The van der Waals surface area contributed by atoms with E-state index in [-0.39, 0.29) is 5.69 Å². The van der Waals surface area contributed by atoms with Crippen LogP contribution in [-0.2, 0) is 6.54 Å². The summed E-state index contributed by atoms with van der Waals surface area (Å²) in [4.78, 5) is 16.5. The van der Waals surface area contributed by atoms with E-state index in [1.807, 2.05) is 21.0 Å². The topological polar surface area (TPSA) is 87.5 Å². The average molecular weight is 285 g/mol. The molecule has 0 spiro atoms. The first kappa shape index (κ1) is 14.5. The van der Waals surface area contributed by atoms with Crippen molar-refractivity contribution in [2.24, 2.45) is 4.99 Å². The Kier molecular flexibility index (Phi) is 3.89. The van der Waals surface area contributed by atoms with Gasteiger partial charge in [-0.3, -0.25) is 10.1 Å². The number of aryl methyl sites for hydroxylation is 1. The Bertz CT molecular complexity index is 768. The van der Waals surface area contributed by atoms with Crippen molar-refractivity contribution >= 4 is 28.6 Å². The van der Waals surface area contributed by atoms with Crippen LogP contribution in [0.1, 0.15) is 12.6 Å². The Morgan fingerprint density at radius 3 is 2.76 bits per heavy atom. The molecule has 0 saturated heterocycles. The first-order valence-corrected chi connectivity index (χ1v) is 6.41. The van der Waals surface area contributed by atoms with Gasteiger partial charge in [0.15, 0.2) is 0 Å². The highest BCUT2D eigenvalue weighted by molar-refractivity contribution is 5.97. The van der Waals surface area contributed by atoms with Gasteiger partial charge in [-0.1, -0.05) is 0 Å². The number of nitriles is 1. The van der Waals surface area contributed by atoms with Gasteiger partial charge in [0.05, 0.1) is 16.8 Å². The molecule has 0 radical (unpaired) electrons. The maximum absolute atomic E-state index is 10.9. The number of hydrogen-bond donors (Lipinski definition) is 0. The number of nitrogens with zero attached hydrogens (tertiary/aromatic N) is 5. The average Bonchev–Trinajstić information content (AvgIpc) is 2.76. The van der Waals surface area contributed by atoms with Crippen molar-refractivity contribution in [1.82, 2.24) is 9.47 Å². The molecule has 7 nitrogen and oxygen atoms in total. The van der Waals surface area contributed by atoms with Gasteiger partial charge in [-0.15, -0.1) is 0 Å². The summed E-state index contributed by atoms with van der Waals surface area (Å²) >= 11 is 0. The smallest absolute Gasteiger partial charge is 0.270 e. The highest BCUT2D eigenvalue weighted by Crippen LogP contribution is 2.35. The molecule has 21 heavy (non-hydrogen) atoms. The molecule has 1 heterocycles. The Balaban J connectivity index is 2.81. The molecule has 0 unspecified atom stereocenters. The minimum atomic E-state index is -0.450. The molecule has 0 aliphatic carbocycles. The van der Waals surface area contributed by atoms with E-state index in [2.05, 4.69) is 11.1 Å². The highest BCUT2D eigenvalue weighted by atomic mass is 16.6. The quantitative estimate of drug-likeness (QED) is 0.374. The number of nitro benzene ring substituents is 1. The zero-order valence-electron chi connectivity index (χ0n) is 12.1. The van der Waals surface area contributed by atoms with Gasteiger partial charge in [-0.2, -0.15) is 5.26 Å². The number of non-ortho nitro benzene ring substituents is 1. The molecule has 0 amide bonds. The van der Waals surface area contributed by atoms with Gasteiger partial charge in [0, 0.05) is 38.2 Å². The molecule has 0 aliphatic heterocycles. The van der Waals surface area contributed by atoms with Crippen LogP contribution < -0.4 is 0 Å². The molecule has 1 aromatic heterocycles. The highest BCUT2D eigenvalue weighted by Gasteiger charge is 2.18. The molecule has 108 valence electrons. The Morgan fingerprint density at radius 2 is 2.24 bits per heavy atom. The molecule has 1 aromatic carbocycles. The van der Waals surface area contributed by atoms with Crippen LogP contribution in [0.5, 0.6) is 0 Å². The van der Waals surface area contributed by atoms with Crippen LogP contribution in [0, 0.1) is 21.4 Å². The van der Waals surface area contributed by atoms with Gasteiger partial charge in [-0.05, 0) is 13.0 Å². The van der Waals surface area contributed by atoms with E-state index in [1.54, 1.807) is 21.9 Å². The fourth-order valence-corrected chi connectivity index (χ4v) is 2.18. The largest absolute Gasteiger partial charge is 0.369 e. The second-order valence-electron chi connectivity index (χ2n) is 4.72. The van der Waals surface area contributed by atoms with Crippen molar-refractivity contribution < 1.29 is 4.92 Å². The van der Waals surface area contributed by atoms with E-state index in [9.17, 15) is 15.4 Å². The molecule has 0 N–H and O–H groups in total. The standard InChI is InChI=1S/C14H15N5O2/c1-4-18-12-6-5-10(19(20)21)7-11(12)14(13(18)8-15)16-9-17(2)3/h5-7,9H,4H2,1-3H3. The number of hydrogen-bond acceptors (Lipinski definition) is 4. The van der Waals surface area contributed by atoms with Crippen LogP contribution in [0.4, 0.5) is 11.4 Å². The van der Waals surface area contributed by atoms with Crippen LogP contribution >= 0.6 is 0 Å². The Hall–Kier alpha value is -2.88. The van der Waals surface area contributed by atoms with Gasteiger partial charge in [-0.25, -0.2) is 4.99 Å². The van der Waals surface area contributed by atoms with E-state index in [0.717, 1.165) is 5.52 Å². The lowest BCUT2D eigenvalue weighted by Crippen LogP contribution is -2.07. The summed E-state index contributed by atoms with van der Waals surface area (Å²) in [6, 6.07) is 6.70. The lowest BCUT2D eigenvalue weighted by Gasteiger charge is -2.02. The summed E-state index contributed by atoms with van der Waals surface area (Å²) < 4.78 is 1.81. The van der Waals surface area contributed by atoms with E-state index in [0.29, 0.717) is 23.3 Å². The van der Waals surface area contributed by atoms with Crippen molar-refractivity contribution in [1.29, 1.82) is 5.26 Å². The zero-order valence-corrected chi connectivity index (χ0v) is 12.1. The normalized spacial score (nSPS) is 11.0. The zero-order chi connectivity index (χ0) is 15.6. The van der Waals surface area contributed by atoms with Crippen molar-refractivity contribution in [3.8, 4) is 6.07 Å². The molecule has 2 rings (SSSR count). The molecule has 0 bridgehead atoms. The lowest BCUT2D eigenvalue weighted by atomic mass is 10.2. The van der Waals surface area contributed by atoms with E-state index < -0.39 is 4.92 Å². The van der Waals surface area contributed by atoms with Gasteiger partial charge in [0.1, 0.15) is 17.5 Å². The summed E-state index contributed by atoms with van der Waals surface area (Å²) in [5.74, 6) is 0. The number of aromatic nitrogens is 1. The molecular formula is C14H15N5O2. The maximum Gasteiger partial charge on any atom is 0.270 e. The van der Waals surface area contributed by atoms with Crippen molar-refractivity contribution in [2.45, 2.75) is 13.5 Å². The van der Waals surface area contributed by atoms with Gasteiger partial charge in [0.25, 0.3) is 5.69 Å². The number of aliphatic imine (C=N–C) groups is 1. The predicted octanol–water partition coefficient (Wildman–Crippen LogP) is 2.66. The van der Waals surface area contributed by atoms with Gasteiger partial charge >= 0.3 is 0 Å². The lowest BCUT2D eigenvalue weighted by molar-refractivity contribution is -0.384. The van der Waals surface area contributed by atoms with Crippen molar-refractivity contribution in [3.05, 3.63) is 34.0 Å². The molecule has 0 fully saturated rings. The van der Waals surface area contributed by atoms with Crippen molar-refractivity contribution in [3.63, 3.8) is 0 Å². The number of fused-ring (bicyclic) bond motifs is 1. The minimum Gasteiger partial charge on any atom is -0.369 e. The maximum atomic E-state index is 10.9. The first-order valence-electron chi connectivity index (χ1n) is 6.41. The summed E-state index contributed by atoms with van der Waals surface area (Å²) in [6.45, 7) is 2.51. The fraction of sp³-hybridized carbons (Fsp3) is 0.286. The van der Waals surface area contributed by atoms with Crippen molar-refractivity contribution in [2.75, 3.05) is 14.1 Å². The third-order valence-corrected chi connectivity index (χ3v) is 3.07. The summed E-state index contributed by atoms with van der Waals surface area (Å²) in [6.07, 6.45) is 1.58. The Labute approximate surface area is 121 Å². The second-order valence-corrected chi connectivity index (χ2v) is 4.72. The van der Waals surface area contributed by atoms with Crippen LogP contribution in [0.15, 0.2) is 23.2 Å². The molecule has 0 atom stereocenters. The monoisotopic (exact) mass is 285 g/mol.